The van der Waals surface area contributed by atoms with Crippen molar-refractivity contribution in [1.29, 1.82) is 0 Å². The molecule has 5 heteroatoms. The summed E-state index contributed by atoms with van der Waals surface area (Å²) in [5.41, 5.74) is 0. The lowest BCUT2D eigenvalue weighted by atomic mass is 10.0. The van der Waals surface area contributed by atoms with Gasteiger partial charge >= 0.3 is 0 Å². The summed E-state index contributed by atoms with van der Waals surface area (Å²) in [6.45, 7) is 5.05. The maximum absolute atomic E-state index is 11.7. The number of amides is 1. The van der Waals surface area contributed by atoms with Crippen molar-refractivity contribution in [2.45, 2.75) is 116 Å². The van der Waals surface area contributed by atoms with Crippen LogP contribution >= 0.6 is 0 Å². The quantitative estimate of drug-likeness (QED) is 0.159. The summed E-state index contributed by atoms with van der Waals surface area (Å²) >= 11 is 0. The van der Waals surface area contributed by atoms with Crippen molar-refractivity contribution in [1.82, 2.24) is 5.32 Å². The Morgan fingerprint density at radius 3 is 1.81 bits per heavy atom. The van der Waals surface area contributed by atoms with Gasteiger partial charge in [-0.15, -0.1) is 0 Å². The number of hydrogen-bond donors (Lipinski definition) is 2. The number of unbranched alkanes of at least 4 members (excludes halogenated alkanes) is 12. The predicted molar refractivity (Wildman–Crippen MR) is 112 cm³/mol. The Labute approximate surface area is 167 Å². The summed E-state index contributed by atoms with van der Waals surface area (Å²) in [4.78, 5) is 21.4. The number of carbonyl (C=O) groups is 1. The first-order valence-corrected chi connectivity index (χ1v) is 11.4. The first-order chi connectivity index (χ1) is 13.2. The molecule has 1 unspecified atom stereocenters. The Morgan fingerprint density at radius 2 is 1.30 bits per heavy atom. The van der Waals surface area contributed by atoms with Crippen LogP contribution in [0.5, 0.6) is 0 Å². The molecule has 162 valence electrons. The van der Waals surface area contributed by atoms with Gasteiger partial charge in [-0.2, -0.15) is 0 Å². The van der Waals surface area contributed by atoms with Crippen LogP contribution in [0.1, 0.15) is 110 Å². The zero-order chi connectivity index (χ0) is 20.0. The lowest BCUT2D eigenvalue weighted by Crippen LogP contribution is -2.34. The summed E-state index contributed by atoms with van der Waals surface area (Å²) in [5, 5.41) is 12.4. The van der Waals surface area contributed by atoms with Gasteiger partial charge in [0.25, 0.3) is 0 Å². The van der Waals surface area contributed by atoms with Crippen LogP contribution in [0.4, 0.5) is 0 Å². The third-order valence-electron chi connectivity index (χ3n) is 4.67. The zero-order valence-corrected chi connectivity index (χ0v) is 18.0. The summed E-state index contributed by atoms with van der Waals surface area (Å²) in [6.07, 6.45) is 17.6. The van der Waals surface area contributed by atoms with E-state index in [-0.39, 0.29) is 19.1 Å². The normalized spacial score (nSPS) is 12.3. The van der Waals surface area contributed by atoms with Crippen molar-refractivity contribution in [2.75, 3.05) is 19.8 Å². The molecule has 0 saturated heterocycles. The zero-order valence-electron chi connectivity index (χ0n) is 18.0. The van der Waals surface area contributed by atoms with E-state index >= 15 is 0 Å². The lowest BCUT2D eigenvalue weighted by Gasteiger charge is -2.11. The third kappa shape index (κ3) is 21.5. The van der Waals surface area contributed by atoms with Crippen LogP contribution in [0.3, 0.4) is 0 Å². The van der Waals surface area contributed by atoms with E-state index in [1.807, 2.05) is 6.92 Å². The maximum atomic E-state index is 11.7. The van der Waals surface area contributed by atoms with Gasteiger partial charge in [-0.05, 0) is 12.8 Å². The molecule has 27 heavy (non-hydrogen) atoms. The van der Waals surface area contributed by atoms with Crippen molar-refractivity contribution in [3.63, 3.8) is 0 Å². The van der Waals surface area contributed by atoms with Crippen LogP contribution in [0, 0.1) is 0 Å². The highest BCUT2D eigenvalue weighted by Gasteiger charge is 2.07. The number of nitrogens with one attached hydrogen (secondary N) is 1. The Kier molecular flexibility index (Phi) is 21.1. The number of carbonyl (C=O) groups excluding carboxylic acids is 1. The lowest BCUT2D eigenvalue weighted by molar-refractivity contribution is -0.304. The van der Waals surface area contributed by atoms with Crippen LogP contribution in [0.2, 0.25) is 0 Å². The fourth-order valence-corrected chi connectivity index (χ4v) is 2.95. The van der Waals surface area contributed by atoms with Gasteiger partial charge < -0.3 is 10.4 Å². The van der Waals surface area contributed by atoms with Crippen LogP contribution in [-0.2, 0) is 14.6 Å². The highest BCUT2D eigenvalue weighted by molar-refractivity contribution is 5.75. The Bertz CT molecular complexity index is 313. The molecular weight excluding hydrogens is 342 g/mol. The van der Waals surface area contributed by atoms with E-state index in [9.17, 15) is 9.90 Å². The number of rotatable bonds is 21. The van der Waals surface area contributed by atoms with Gasteiger partial charge in [0.05, 0.1) is 12.7 Å². The van der Waals surface area contributed by atoms with E-state index in [1.54, 1.807) is 0 Å². The topological polar surface area (TPSA) is 67.8 Å². The molecule has 0 radical (unpaired) electrons. The molecule has 0 spiro atoms. The van der Waals surface area contributed by atoms with Crippen LogP contribution in [-0.4, -0.2) is 36.9 Å². The van der Waals surface area contributed by atoms with Gasteiger partial charge in [0.2, 0.25) is 5.91 Å². The third-order valence-corrected chi connectivity index (χ3v) is 4.67. The highest BCUT2D eigenvalue weighted by Crippen LogP contribution is 2.12. The Hall–Kier alpha value is -0.650. The second-order valence-electron chi connectivity index (χ2n) is 7.56. The molecule has 0 aromatic heterocycles. The molecular formula is C22H45NO4. The van der Waals surface area contributed by atoms with E-state index < -0.39 is 6.10 Å². The minimum absolute atomic E-state index is 0.00611. The molecule has 0 rings (SSSR count). The predicted octanol–water partition coefficient (Wildman–Crippen LogP) is 5.30. The smallest absolute Gasteiger partial charge is 0.220 e. The van der Waals surface area contributed by atoms with Gasteiger partial charge in [-0.25, -0.2) is 9.78 Å². The molecule has 0 aliphatic heterocycles. The minimum Gasteiger partial charge on any atom is -0.389 e. The second-order valence-corrected chi connectivity index (χ2v) is 7.56. The molecule has 0 fully saturated rings. The monoisotopic (exact) mass is 387 g/mol. The van der Waals surface area contributed by atoms with Gasteiger partial charge in [0.15, 0.2) is 0 Å². The van der Waals surface area contributed by atoms with Crippen LogP contribution in [0.25, 0.3) is 0 Å². The molecule has 0 heterocycles. The van der Waals surface area contributed by atoms with Crippen LogP contribution < -0.4 is 5.32 Å². The van der Waals surface area contributed by atoms with Crippen molar-refractivity contribution < 1.29 is 19.7 Å². The summed E-state index contributed by atoms with van der Waals surface area (Å²) in [7, 11) is 0. The fourth-order valence-electron chi connectivity index (χ4n) is 2.95. The maximum Gasteiger partial charge on any atom is 0.220 e. The average Bonchev–Trinajstić information content (AvgIpc) is 2.67. The number of hydrogen-bond acceptors (Lipinski definition) is 4. The largest absolute Gasteiger partial charge is 0.389 e. The SMILES string of the molecule is CCCCCCCCCCCCCCCC(=O)NCC(O)COOCCC. The van der Waals surface area contributed by atoms with E-state index in [4.69, 9.17) is 9.78 Å². The van der Waals surface area contributed by atoms with E-state index in [0.717, 1.165) is 19.3 Å². The van der Waals surface area contributed by atoms with Gasteiger partial charge in [0, 0.05) is 13.0 Å². The molecule has 0 aliphatic carbocycles. The van der Waals surface area contributed by atoms with Crippen LogP contribution in [0.15, 0.2) is 0 Å². The number of aliphatic hydroxyl groups is 1. The van der Waals surface area contributed by atoms with Gasteiger partial charge in [-0.1, -0.05) is 90.9 Å². The van der Waals surface area contributed by atoms with Gasteiger partial charge in [0.1, 0.15) is 6.61 Å². The molecule has 1 amide bonds. The molecule has 0 aromatic rings. The molecule has 0 saturated carbocycles. The van der Waals surface area contributed by atoms with E-state index in [1.165, 1.54) is 70.6 Å². The molecule has 2 N–H and O–H groups in total. The fraction of sp³-hybridized carbons (Fsp3) is 0.955. The summed E-state index contributed by atoms with van der Waals surface area (Å²) in [5.74, 6) is 0.00611. The Balaban J connectivity index is 3.25. The van der Waals surface area contributed by atoms with Crippen molar-refractivity contribution in [3.05, 3.63) is 0 Å². The Morgan fingerprint density at radius 1 is 0.778 bits per heavy atom. The first-order valence-electron chi connectivity index (χ1n) is 11.4. The highest BCUT2D eigenvalue weighted by atomic mass is 17.2. The van der Waals surface area contributed by atoms with E-state index in [2.05, 4.69) is 12.2 Å². The summed E-state index contributed by atoms with van der Waals surface area (Å²) < 4.78 is 0. The summed E-state index contributed by atoms with van der Waals surface area (Å²) in [6, 6.07) is 0. The first kappa shape index (κ1) is 26.4. The van der Waals surface area contributed by atoms with Gasteiger partial charge in [-0.3, -0.25) is 4.79 Å². The second kappa shape index (κ2) is 21.6. The minimum atomic E-state index is -0.725. The van der Waals surface area contributed by atoms with E-state index in [0.29, 0.717) is 13.0 Å². The van der Waals surface area contributed by atoms with Crippen molar-refractivity contribution in [3.8, 4) is 0 Å². The molecule has 0 bridgehead atoms. The number of aliphatic hydroxyl groups excluding tert-OH is 1. The average molecular weight is 388 g/mol. The van der Waals surface area contributed by atoms with Crippen molar-refractivity contribution >= 4 is 5.91 Å². The molecule has 0 aromatic carbocycles. The molecule has 1 atom stereocenters. The van der Waals surface area contributed by atoms with Crippen molar-refractivity contribution in [2.24, 2.45) is 0 Å². The molecule has 0 aliphatic rings. The molecule has 5 nitrogen and oxygen atoms in total. The standard InChI is InChI=1S/C22H45NO4/c1-3-5-6-7-8-9-10-11-12-13-14-15-16-17-22(25)23-19-21(24)20-27-26-18-4-2/h21,24H,3-20H2,1-2H3,(H,23,25).